The van der Waals surface area contributed by atoms with Gasteiger partial charge in [0.2, 0.25) is 5.82 Å². The van der Waals surface area contributed by atoms with Gasteiger partial charge < -0.3 is 15.7 Å². The van der Waals surface area contributed by atoms with Crippen LogP contribution in [0.3, 0.4) is 0 Å². The van der Waals surface area contributed by atoms with Gasteiger partial charge in [0.1, 0.15) is 12.7 Å². The van der Waals surface area contributed by atoms with Gasteiger partial charge in [-0.1, -0.05) is 0 Å². The molecule has 0 radical (unpaired) electrons. The van der Waals surface area contributed by atoms with E-state index in [4.69, 9.17) is 5.73 Å². The summed E-state index contributed by atoms with van der Waals surface area (Å²) in [5.74, 6) is -0.00606. The molecule has 21 heavy (non-hydrogen) atoms. The maximum atomic E-state index is 12.6. The number of rotatable bonds is 4. The Kier molecular flexibility index (Phi) is 4.68. The number of nitrogens with two attached hydrogens (primary N) is 1. The van der Waals surface area contributed by atoms with Gasteiger partial charge in [-0.25, -0.2) is 13.5 Å². The summed E-state index contributed by atoms with van der Waals surface area (Å²) < 4.78 is 26.1. The lowest BCUT2D eigenvalue weighted by molar-refractivity contribution is -0.384. The molecule has 1 aliphatic heterocycles. The molecule has 0 aliphatic carbocycles. The van der Waals surface area contributed by atoms with Crippen molar-refractivity contribution in [3.8, 4) is 0 Å². The van der Waals surface area contributed by atoms with Gasteiger partial charge in [0.15, 0.2) is 0 Å². The van der Waals surface area contributed by atoms with Crippen LogP contribution in [0.15, 0.2) is 6.20 Å². The van der Waals surface area contributed by atoms with Crippen molar-refractivity contribution in [3.63, 3.8) is 0 Å². The average Bonchev–Trinajstić information content (AvgIpc) is 2.69. The van der Waals surface area contributed by atoms with Crippen molar-refractivity contribution in [2.45, 2.75) is 38.0 Å². The Labute approximate surface area is 119 Å². The van der Waals surface area contributed by atoms with E-state index < -0.39 is 24.0 Å². The molecule has 1 fully saturated rings. The zero-order chi connectivity index (χ0) is 15.6. The third kappa shape index (κ3) is 3.64. The molecule has 2 unspecified atom stereocenters. The molecule has 0 bridgehead atoms. The summed E-state index contributed by atoms with van der Waals surface area (Å²) in [6.45, 7) is -0.292. The van der Waals surface area contributed by atoms with Crippen LogP contribution in [0.5, 0.6) is 0 Å². The van der Waals surface area contributed by atoms with Crippen molar-refractivity contribution in [2.75, 3.05) is 18.0 Å². The van der Waals surface area contributed by atoms with E-state index >= 15 is 0 Å². The minimum atomic E-state index is -2.68. The number of halogens is 2. The van der Waals surface area contributed by atoms with Crippen molar-refractivity contribution in [3.05, 3.63) is 16.3 Å². The first-order chi connectivity index (χ1) is 9.88. The number of nitro groups is 1. The topological polar surface area (TPSA) is 110 Å². The van der Waals surface area contributed by atoms with Gasteiger partial charge >= 0.3 is 5.69 Å². The second-order valence-corrected chi connectivity index (χ2v) is 5.07. The highest BCUT2D eigenvalue weighted by Crippen LogP contribution is 2.30. The summed E-state index contributed by atoms with van der Waals surface area (Å²) in [5, 5.41) is 24.6. The third-order valence-electron chi connectivity index (χ3n) is 3.38. The minimum absolute atomic E-state index is 0.00606. The van der Waals surface area contributed by atoms with Crippen LogP contribution in [0.4, 0.5) is 20.3 Å². The first-order valence-corrected chi connectivity index (χ1v) is 6.55. The number of β-amino-alcohol motifs (C(OH)–C–C–N with tert-alkyl or cyclic N) is 1. The molecule has 2 rings (SSSR count). The lowest BCUT2D eigenvalue weighted by Crippen LogP contribution is -2.33. The first kappa shape index (κ1) is 15.6. The second-order valence-electron chi connectivity index (χ2n) is 5.07. The molecule has 1 aromatic heterocycles. The van der Waals surface area contributed by atoms with Crippen LogP contribution in [0.1, 0.15) is 12.8 Å². The van der Waals surface area contributed by atoms with Gasteiger partial charge in [-0.05, 0) is 12.8 Å². The van der Waals surface area contributed by atoms with Gasteiger partial charge in [0.25, 0.3) is 6.43 Å². The Morgan fingerprint density at radius 1 is 1.62 bits per heavy atom. The second kappa shape index (κ2) is 6.31. The Morgan fingerprint density at radius 3 is 2.95 bits per heavy atom. The zero-order valence-corrected chi connectivity index (χ0v) is 11.2. The molecule has 2 heterocycles. The van der Waals surface area contributed by atoms with Crippen LogP contribution in [0.2, 0.25) is 0 Å². The molecule has 0 amide bonds. The fourth-order valence-corrected chi connectivity index (χ4v) is 2.49. The van der Waals surface area contributed by atoms with E-state index in [0.717, 1.165) is 10.9 Å². The Hall–Kier alpha value is -1.81. The van der Waals surface area contributed by atoms with E-state index in [1.54, 1.807) is 0 Å². The van der Waals surface area contributed by atoms with Crippen LogP contribution in [-0.2, 0) is 6.54 Å². The lowest BCUT2D eigenvalue weighted by Gasteiger charge is -2.24. The summed E-state index contributed by atoms with van der Waals surface area (Å²) in [6, 6.07) is -0.226. The van der Waals surface area contributed by atoms with Crippen molar-refractivity contribution >= 4 is 11.5 Å². The van der Waals surface area contributed by atoms with Gasteiger partial charge in [0.05, 0.1) is 11.0 Å². The van der Waals surface area contributed by atoms with Crippen LogP contribution >= 0.6 is 0 Å². The molecule has 3 N–H and O–H groups in total. The highest BCUT2D eigenvalue weighted by molar-refractivity contribution is 5.58. The summed E-state index contributed by atoms with van der Waals surface area (Å²) >= 11 is 0. The molecule has 10 heteroatoms. The van der Waals surface area contributed by atoms with Crippen LogP contribution in [-0.4, -0.2) is 51.5 Å². The molecule has 0 spiro atoms. The molecule has 1 aromatic rings. The molecule has 0 saturated carbocycles. The number of aliphatic hydroxyl groups excluding tert-OH is 1. The average molecular weight is 305 g/mol. The number of alkyl halides is 2. The van der Waals surface area contributed by atoms with E-state index in [1.807, 2.05) is 0 Å². The van der Waals surface area contributed by atoms with Gasteiger partial charge in [-0.3, -0.25) is 10.1 Å². The highest BCUT2D eigenvalue weighted by atomic mass is 19.3. The molecule has 2 atom stereocenters. The van der Waals surface area contributed by atoms with Crippen molar-refractivity contribution in [1.29, 1.82) is 0 Å². The molecule has 118 valence electrons. The Bertz CT molecular complexity index is 510. The predicted molar refractivity (Wildman–Crippen MR) is 70.3 cm³/mol. The fraction of sp³-hybridized carbons (Fsp3) is 0.727. The molecule has 8 nitrogen and oxygen atoms in total. The number of hydrogen-bond donors (Lipinski definition) is 2. The largest absolute Gasteiger partial charge is 0.391 e. The summed E-state index contributed by atoms with van der Waals surface area (Å²) in [4.78, 5) is 11.9. The maximum absolute atomic E-state index is 12.6. The van der Waals surface area contributed by atoms with E-state index in [1.165, 1.54) is 4.90 Å². The standard InChI is InChI=1S/C11H17F2N5O3/c12-10(13)6-17-11(9(4-15-17)18(20)21)16-2-1-7(14)3-8(19)5-16/h4,7-8,10,19H,1-3,5-6,14H2. The zero-order valence-electron chi connectivity index (χ0n) is 11.2. The van der Waals surface area contributed by atoms with Crippen molar-refractivity contribution < 1.29 is 18.8 Å². The third-order valence-corrected chi connectivity index (χ3v) is 3.38. The van der Waals surface area contributed by atoms with Crippen LogP contribution in [0.25, 0.3) is 0 Å². The molecule has 1 saturated heterocycles. The fourth-order valence-electron chi connectivity index (χ4n) is 2.49. The number of aromatic nitrogens is 2. The van der Waals surface area contributed by atoms with Gasteiger partial charge in [-0.2, -0.15) is 5.10 Å². The number of nitrogens with zero attached hydrogens (tertiary/aromatic N) is 4. The SMILES string of the molecule is NC1CCN(c2c([N+](=O)[O-])cnn2CC(F)F)CC(O)C1. The van der Waals surface area contributed by atoms with E-state index in [9.17, 15) is 24.0 Å². The predicted octanol–water partition coefficient (Wildman–Crippen LogP) is 0.345. The Balaban J connectivity index is 2.34. The maximum Gasteiger partial charge on any atom is 0.331 e. The number of anilines is 1. The van der Waals surface area contributed by atoms with Crippen LogP contribution in [0, 0.1) is 10.1 Å². The monoisotopic (exact) mass is 305 g/mol. The highest BCUT2D eigenvalue weighted by Gasteiger charge is 2.30. The molecule has 0 aromatic carbocycles. The lowest BCUT2D eigenvalue weighted by atomic mass is 10.1. The van der Waals surface area contributed by atoms with Gasteiger partial charge in [0, 0.05) is 19.1 Å². The summed E-state index contributed by atoms with van der Waals surface area (Å²) in [6.07, 6.45) is -1.62. The van der Waals surface area contributed by atoms with Crippen molar-refractivity contribution in [2.24, 2.45) is 5.73 Å². The first-order valence-electron chi connectivity index (χ1n) is 6.55. The van der Waals surface area contributed by atoms with E-state index in [0.29, 0.717) is 19.4 Å². The summed E-state index contributed by atoms with van der Waals surface area (Å²) in [5.41, 5.74) is 5.45. The van der Waals surface area contributed by atoms with E-state index in [2.05, 4.69) is 5.10 Å². The Morgan fingerprint density at radius 2 is 2.33 bits per heavy atom. The quantitative estimate of drug-likeness (QED) is 0.613. The molecule has 1 aliphatic rings. The van der Waals surface area contributed by atoms with Crippen LogP contribution < -0.4 is 10.6 Å². The number of aliphatic hydroxyl groups is 1. The normalized spacial score (nSPS) is 23.4. The summed E-state index contributed by atoms with van der Waals surface area (Å²) in [7, 11) is 0. The minimum Gasteiger partial charge on any atom is -0.391 e. The smallest absolute Gasteiger partial charge is 0.331 e. The number of hydrogen-bond acceptors (Lipinski definition) is 6. The molecular formula is C11H17F2N5O3. The van der Waals surface area contributed by atoms with Gasteiger partial charge in [-0.15, -0.1) is 0 Å². The molecular weight excluding hydrogens is 288 g/mol. The van der Waals surface area contributed by atoms with Crippen molar-refractivity contribution in [1.82, 2.24) is 9.78 Å². The van der Waals surface area contributed by atoms with E-state index in [-0.39, 0.29) is 24.1 Å².